The first kappa shape index (κ1) is 13.8. The Kier molecular flexibility index (Phi) is 3.66. The number of piperazine rings is 1. The number of aliphatic carboxylic acids is 1. The van der Waals surface area contributed by atoms with Gasteiger partial charge in [0.15, 0.2) is 0 Å². The second-order valence-electron chi connectivity index (χ2n) is 5.28. The number of carbonyl (C=O) groups is 1. The van der Waals surface area contributed by atoms with Crippen LogP contribution in [0.25, 0.3) is 0 Å². The summed E-state index contributed by atoms with van der Waals surface area (Å²) >= 11 is 0. The summed E-state index contributed by atoms with van der Waals surface area (Å²) in [6.45, 7) is 3.06. The summed E-state index contributed by atoms with van der Waals surface area (Å²) in [5.74, 6) is -0.890. The number of hydrogen-bond acceptors (Lipinski definition) is 5. The maximum absolute atomic E-state index is 11.6. The number of likely N-dealkylation sites (N-methyl/N-ethyl adjacent to an activating group) is 1. The van der Waals surface area contributed by atoms with Crippen LogP contribution in [0.3, 0.4) is 0 Å². The van der Waals surface area contributed by atoms with Gasteiger partial charge in [0.05, 0.1) is 11.5 Å². The minimum absolute atomic E-state index is 0.00829. The predicted octanol–water partition coefficient (Wildman–Crippen LogP) is -0.734. The zero-order chi connectivity index (χ0) is 13.4. The lowest BCUT2D eigenvalue weighted by atomic mass is 9.89. The van der Waals surface area contributed by atoms with Crippen molar-refractivity contribution in [3.8, 4) is 0 Å². The van der Waals surface area contributed by atoms with Gasteiger partial charge in [0, 0.05) is 26.2 Å². The summed E-state index contributed by atoms with van der Waals surface area (Å²) < 4.78 is 23.0. The summed E-state index contributed by atoms with van der Waals surface area (Å²) in [5, 5.41) is 9.53. The number of carboxylic acid groups (broad SMARTS) is 1. The van der Waals surface area contributed by atoms with E-state index in [1.807, 2.05) is 11.9 Å². The standard InChI is InChI=1S/C11H20N2O4S/c1-12-4-6-13(7-5-12)11(10(14)15)2-8-18(16,17)9-3-11/h2-9H2,1H3,(H,14,15). The molecule has 6 nitrogen and oxygen atoms in total. The van der Waals surface area contributed by atoms with Gasteiger partial charge in [0.1, 0.15) is 15.4 Å². The van der Waals surface area contributed by atoms with E-state index in [1.165, 1.54) is 0 Å². The third-order valence-corrected chi connectivity index (χ3v) is 5.81. The first-order chi connectivity index (χ1) is 8.36. The van der Waals surface area contributed by atoms with E-state index < -0.39 is 21.3 Å². The molecule has 0 saturated carbocycles. The summed E-state index contributed by atoms with van der Waals surface area (Å²) in [4.78, 5) is 15.7. The maximum Gasteiger partial charge on any atom is 0.324 e. The SMILES string of the molecule is CN1CCN(C2(C(=O)O)CCS(=O)(=O)CC2)CC1. The molecule has 1 N–H and O–H groups in total. The van der Waals surface area contributed by atoms with Crippen LogP contribution in [0.4, 0.5) is 0 Å². The minimum Gasteiger partial charge on any atom is -0.480 e. The third-order valence-electron chi connectivity index (χ3n) is 4.16. The molecule has 7 heteroatoms. The molecule has 0 bridgehead atoms. The van der Waals surface area contributed by atoms with Crippen LogP contribution in [-0.4, -0.2) is 79.6 Å². The Morgan fingerprint density at radius 3 is 2.06 bits per heavy atom. The first-order valence-corrected chi connectivity index (χ1v) is 8.05. The Balaban J connectivity index is 2.16. The van der Waals surface area contributed by atoms with E-state index in [0.29, 0.717) is 13.1 Å². The van der Waals surface area contributed by atoms with Crippen molar-refractivity contribution in [1.29, 1.82) is 0 Å². The quantitative estimate of drug-likeness (QED) is 0.716. The zero-order valence-corrected chi connectivity index (χ0v) is 11.4. The summed E-state index contributed by atoms with van der Waals surface area (Å²) in [6.07, 6.45) is 0.433. The molecule has 18 heavy (non-hydrogen) atoms. The topological polar surface area (TPSA) is 77.9 Å². The second kappa shape index (κ2) is 4.79. The third kappa shape index (κ3) is 2.53. The molecular formula is C11H20N2O4S. The molecule has 0 atom stereocenters. The van der Waals surface area contributed by atoms with Crippen LogP contribution < -0.4 is 0 Å². The smallest absolute Gasteiger partial charge is 0.324 e. The molecule has 0 unspecified atom stereocenters. The fraction of sp³-hybridized carbons (Fsp3) is 0.909. The van der Waals surface area contributed by atoms with Crippen molar-refractivity contribution >= 4 is 15.8 Å². The summed E-state index contributed by atoms with van der Waals surface area (Å²) in [7, 11) is -1.03. The molecule has 0 aromatic rings. The molecule has 2 aliphatic rings. The van der Waals surface area contributed by atoms with Crippen molar-refractivity contribution in [3.05, 3.63) is 0 Å². The van der Waals surface area contributed by atoms with Gasteiger partial charge in [0.2, 0.25) is 0 Å². The molecule has 0 aromatic heterocycles. The van der Waals surface area contributed by atoms with Gasteiger partial charge in [0.25, 0.3) is 0 Å². The van der Waals surface area contributed by atoms with Crippen LogP contribution in [-0.2, 0) is 14.6 Å². The lowest BCUT2D eigenvalue weighted by Crippen LogP contribution is -2.62. The van der Waals surface area contributed by atoms with E-state index in [4.69, 9.17) is 0 Å². The van der Waals surface area contributed by atoms with E-state index in [1.54, 1.807) is 0 Å². The van der Waals surface area contributed by atoms with Gasteiger partial charge in [-0.15, -0.1) is 0 Å². The van der Waals surface area contributed by atoms with Gasteiger partial charge in [-0.25, -0.2) is 8.42 Å². The fourth-order valence-electron chi connectivity index (χ4n) is 2.78. The van der Waals surface area contributed by atoms with Gasteiger partial charge >= 0.3 is 5.97 Å². The van der Waals surface area contributed by atoms with Gasteiger partial charge in [-0.3, -0.25) is 9.69 Å². The van der Waals surface area contributed by atoms with Gasteiger partial charge in [-0.1, -0.05) is 0 Å². The number of nitrogens with zero attached hydrogens (tertiary/aromatic N) is 2. The van der Waals surface area contributed by atoms with E-state index >= 15 is 0 Å². The number of rotatable bonds is 2. The molecule has 0 amide bonds. The van der Waals surface area contributed by atoms with Crippen LogP contribution in [0.15, 0.2) is 0 Å². The highest BCUT2D eigenvalue weighted by molar-refractivity contribution is 7.91. The highest BCUT2D eigenvalue weighted by Crippen LogP contribution is 2.31. The molecule has 2 aliphatic heterocycles. The van der Waals surface area contributed by atoms with E-state index in [9.17, 15) is 18.3 Å². The lowest BCUT2D eigenvalue weighted by Gasteiger charge is -2.46. The average molecular weight is 276 g/mol. The Morgan fingerprint density at radius 2 is 1.61 bits per heavy atom. The van der Waals surface area contributed by atoms with Crippen molar-refractivity contribution in [2.24, 2.45) is 0 Å². The molecule has 2 heterocycles. The normalized spacial score (nSPS) is 28.9. The van der Waals surface area contributed by atoms with Crippen LogP contribution in [0.5, 0.6) is 0 Å². The second-order valence-corrected chi connectivity index (χ2v) is 7.58. The molecule has 0 spiro atoms. The molecule has 2 fully saturated rings. The van der Waals surface area contributed by atoms with Crippen molar-refractivity contribution < 1.29 is 18.3 Å². The molecule has 0 aromatic carbocycles. The summed E-state index contributed by atoms with van der Waals surface area (Å²) in [6, 6.07) is 0. The number of sulfone groups is 1. The van der Waals surface area contributed by atoms with E-state index in [0.717, 1.165) is 13.1 Å². The van der Waals surface area contributed by atoms with Crippen LogP contribution in [0, 0.1) is 0 Å². The van der Waals surface area contributed by atoms with Gasteiger partial charge in [-0.2, -0.15) is 0 Å². The largest absolute Gasteiger partial charge is 0.480 e. The van der Waals surface area contributed by atoms with E-state index in [2.05, 4.69) is 4.90 Å². The Labute approximate surface area is 107 Å². The predicted molar refractivity (Wildman–Crippen MR) is 67.3 cm³/mol. The molecule has 0 aliphatic carbocycles. The highest BCUT2D eigenvalue weighted by atomic mass is 32.2. The molecule has 104 valence electrons. The lowest BCUT2D eigenvalue weighted by molar-refractivity contribution is -0.154. The highest BCUT2D eigenvalue weighted by Gasteiger charge is 2.48. The molecular weight excluding hydrogens is 256 g/mol. The Bertz CT molecular complexity index is 412. The van der Waals surface area contributed by atoms with Crippen molar-refractivity contribution in [2.75, 3.05) is 44.7 Å². The van der Waals surface area contributed by atoms with E-state index in [-0.39, 0.29) is 24.3 Å². The van der Waals surface area contributed by atoms with Crippen molar-refractivity contribution in [1.82, 2.24) is 9.80 Å². The molecule has 2 saturated heterocycles. The number of carboxylic acids is 1. The zero-order valence-electron chi connectivity index (χ0n) is 10.6. The fourth-order valence-corrected chi connectivity index (χ4v) is 4.28. The van der Waals surface area contributed by atoms with Crippen LogP contribution in [0.1, 0.15) is 12.8 Å². The molecule has 2 rings (SSSR count). The van der Waals surface area contributed by atoms with Gasteiger partial charge in [-0.05, 0) is 19.9 Å². The Morgan fingerprint density at radius 1 is 1.11 bits per heavy atom. The average Bonchev–Trinajstić information content (AvgIpc) is 2.30. The molecule has 0 radical (unpaired) electrons. The Hall–Kier alpha value is -0.660. The number of hydrogen-bond donors (Lipinski definition) is 1. The first-order valence-electron chi connectivity index (χ1n) is 6.23. The summed E-state index contributed by atoms with van der Waals surface area (Å²) in [5.41, 5.74) is -0.966. The van der Waals surface area contributed by atoms with Gasteiger partial charge < -0.3 is 10.0 Å². The van der Waals surface area contributed by atoms with Crippen LogP contribution >= 0.6 is 0 Å². The van der Waals surface area contributed by atoms with Crippen molar-refractivity contribution in [3.63, 3.8) is 0 Å². The monoisotopic (exact) mass is 276 g/mol. The maximum atomic E-state index is 11.6. The van der Waals surface area contributed by atoms with Crippen LogP contribution in [0.2, 0.25) is 0 Å². The minimum atomic E-state index is -3.04. The van der Waals surface area contributed by atoms with Crippen molar-refractivity contribution in [2.45, 2.75) is 18.4 Å².